The van der Waals surface area contributed by atoms with Crippen LogP contribution in [0.15, 0.2) is 42.5 Å². The molecule has 2 atom stereocenters. The van der Waals surface area contributed by atoms with Gasteiger partial charge in [0.05, 0.1) is 32.4 Å². The summed E-state index contributed by atoms with van der Waals surface area (Å²) in [6.07, 6.45) is 1.05. The van der Waals surface area contributed by atoms with Crippen LogP contribution < -0.4 is 24.4 Å². The van der Waals surface area contributed by atoms with Gasteiger partial charge in [-0.05, 0) is 30.2 Å². The summed E-state index contributed by atoms with van der Waals surface area (Å²) in [5, 5.41) is 3.02. The number of para-hydroxylation sites is 1. The zero-order valence-corrected chi connectivity index (χ0v) is 17.2. The highest BCUT2D eigenvalue weighted by molar-refractivity contribution is 6.01. The van der Waals surface area contributed by atoms with Crippen LogP contribution in [-0.4, -0.2) is 45.7 Å². The predicted octanol–water partition coefficient (Wildman–Crippen LogP) is 2.42. The number of rotatable bonds is 6. The number of nitrogens with zero attached hydrogens (tertiary/aromatic N) is 1. The Balaban J connectivity index is 1.37. The largest absolute Gasteiger partial charge is 0.497 e. The number of anilines is 1. The predicted molar refractivity (Wildman–Crippen MR) is 112 cm³/mol. The summed E-state index contributed by atoms with van der Waals surface area (Å²) in [5.74, 6) is 1.74. The van der Waals surface area contributed by atoms with Crippen molar-refractivity contribution in [1.82, 2.24) is 5.32 Å². The fourth-order valence-electron chi connectivity index (χ4n) is 4.03. The van der Waals surface area contributed by atoms with Crippen molar-refractivity contribution in [2.24, 2.45) is 11.8 Å². The highest BCUT2D eigenvalue weighted by atomic mass is 16.5. The van der Waals surface area contributed by atoms with Gasteiger partial charge in [0.25, 0.3) is 0 Å². The van der Waals surface area contributed by atoms with Gasteiger partial charge in [0.1, 0.15) is 17.2 Å². The molecule has 0 saturated carbocycles. The Morgan fingerprint density at radius 3 is 2.80 bits per heavy atom. The zero-order chi connectivity index (χ0) is 21.1. The fraction of sp³-hybridized carbons (Fsp3) is 0.391. The lowest BCUT2D eigenvalue weighted by Gasteiger charge is -2.26. The molecule has 2 aliphatic heterocycles. The lowest BCUT2D eigenvalue weighted by molar-refractivity contribution is -0.126. The van der Waals surface area contributed by atoms with E-state index in [9.17, 15) is 9.59 Å². The highest BCUT2D eigenvalue weighted by Gasteiger charge is 2.36. The monoisotopic (exact) mass is 410 g/mol. The molecule has 1 saturated heterocycles. The van der Waals surface area contributed by atoms with Gasteiger partial charge in [-0.1, -0.05) is 18.2 Å². The molecule has 2 aromatic carbocycles. The number of benzene rings is 2. The van der Waals surface area contributed by atoms with Crippen LogP contribution in [0.1, 0.15) is 12.0 Å². The lowest BCUT2D eigenvalue weighted by Crippen LogP contribution is -2.38. The first kappa shape index (κ1) is 20.1. The average Bonchev–Trinajstić information content (AvgIpc) is 3.18. The van der Waals surface area contributed by atoms with Crippen LogP contribution in [0.4, 0.5) is 5.69 Å². The normalized spacial score (nSPS) is 20.3. The Labute approximate surface area is 175 Å². The Hall–Kier alpha value is -3.22. The summed E-state index contributed by atoms with van der Waals surface area (Å²) in [6, 6.07) is 13.3. The number of methoxy groups -OCH3 is 2. The van der Waals surface area contributed by atoms with Gasteiger partial charge in [-0.25, -0.2) is 0 Å². The molecule has 7 nitrogen and oxygen atoms in total. The third-order valence-corrected chi connectivity index (χ3v) is 5.69. The van der Waals surface area contributed by atoms with E-state index in [1.54, 1.807) is 37.3 Å². The van der Waals surface area contributed by atoms with Crippen LogP contribution in [0, 0.1) is 11.8 Å². The minimum atomic E-state index is -0.398. The summed E-state index contributed by atoms with van der Waals surface area (Å²) in [7, 11) is 3.13. The number of carbonyl (C=O) groups excluding carboxylic acids is 2. The van der Waals surface area contributed by atoms with Gasteiger partial charge in [-0.3, -0.25) is 9.59 Å². The molecule has 2 heterocycles. The minimum Gasteiger partial charge on any atom is -0.497 e. The molecule has 2 aliphatic rings. The van der Waals surface area contributed by atoms with Gasteiger partial charge >= 0.3 is 0 Å². The van der Waals surface area contributed by atoms with Crippen LogP contribution >= 0.6 is 0 Å². The molecule has 158 valence electrons. The number of hydrogen-bond donors (Lipinski definition) is 1. The first-order chi connectivity index (χ1) is 14.6. The number of amides is 2. The highest BCUT2D eigenvalue weighted by Crippen LogP contribution is 2.36. The summed E-state index contributed by atoms with van der Waals surface area (Å²) < 4.78 is 16.5. The van der Waals surface area contributed by atoms with E-state index < -0.39 is 5.92 Å². The third kappa shape index (κ3) is 4.06. The molecule has 2 amide bonds. The second-order valence-corrected chi connectivity index (χ2v) is 7.68. The van der Waals surface area contributed by atoms with E-state index >= 15 is 0 Å². The van der Waals surface area contributed by atoms with Crippen molar-refractivity contribution in [3.63, 3.8) is 0 Å². The van der Waals surface area contributed by atoms with Gasteiger partial charge in [-0.15, -0.1) is 0 Å². The molecule has 30 heavy (non-hydrogen) atoms. The fourth-order valence-corrected chi connectivity index (χ4v) is 4.03. The van der Waals surface area contributed by atoms with E-state index in [2.05, 4.69) is 11.4 Å². The summed E-state index contributed by atoms with van der Waals surface area (Å²) in [4.78, 5) is 27.0. The maximum atomic E-state index is 12.7. The molecular formula is C23H26N2O5. The summed E-state index contributed by atoms with van der Waals surface area (Å²) in [5.41, 5.74) is 1.78. The lowest BCUT2D eigenvalue weighted by atomic mass is 9.96. The maximum Gasteiger partial charge on any atom is 0.227 e. The number of ether oxygens (including phenoxy) is 3. The van der Waals surface area contributed by atoms with Gasteiger partial charge in [-0.2, -0.15) is 0 Å². The van der Waals surface area contributed by atoms with Crippen molar-refractivity contribution in [3.8, 4) is 17.2 Å². The molecule has 4 rings (SSSR count). The Kier molecular flexibility index (Phi) is 5.79. The van der Waals surface area contributed by atoms with Crippen molar-refractivity contribution >= 4 is 17.5 Å². The van der Waals surface area contributed by atoms with Gasteiger partial charge in [0.15, 0.2) is 0 Å². The summed E-state index contributed by atoms with van der Waals surface area (Å²) >= 11 is 0. The average molecular weight is 410 g/mol. The SMILES string of the molecule is COc1ccc(OC)c(N2CC(C(=O)NCC3COc4ccccc4C3)CC2=O)c1. The van der Waals surface area contributed by atoms with Gasteiger partial charge in [0.2, 0.25) is 11.8 Å². The molecule has 0 radical (unpaired) electrons. The maximum absolute atomic E-state index is 12.7. The molecule has 0 bridgehead atoms. The molecule has 7 heteroatoms. The molecule has 2 unspecified atom stereocenters. The van der Waals surface area contributed by atoms with Crippen molar-refractivity contribution in [2.45, 2.75) is 12.8 Å². The van der Waals surface area contributed by atoms with Crippen LogP contribution in [0.5, 0.6) is 17.2 Å². The van der Waals surface area contributed by atoms with Crippen LogP contribution in [0.25, 0.3) is 0 Å². The van der Waals surface area contributed by atoms with E-state index in [-0.39, 0.29) is 24.2 Å². The second kappa shape index (κ2) is 8.65. The van der Waals surface area contributed by atoms with Gasteiger partial charge in [0, 0.05) is 31.5 Å². The van der Waals surface area contributed by atoms with E-state index in [1.807, 2.05) is 18.2 Å². The third-order valence-electron chi connectivity index (χ3n) is 5.69. The molecular weight excluding hydrogens is 384 g/mol. The van der Waals surface area contributed by atoms with Crippen LogP contribution in [-0.2, 0) is 16.0 Å². The second-order valence-electron chi connectivity index (χ2n) is 7.68. The number of fused-ring (bicyclic) bond motifs is 1. The topological polar surface area (TPSA) is 77.1 Å². The Bertz CT molecular complexity index is 945. The van der Waals surface area contributed by atoms with E-state index in [0.717, 1.165) is 17.7 Å². The first-order valence-electron chi connectivity index (χ1n) is 10.1. The summed E-state index contributed by atoms with van der Waals surface area (Å²) in [6.45, 7) is 1.42. The zero-order valence-electron chi connectivity index (χ0n) is 17.2. The van der Waals surface area contributed by atoms with Crippen molar-refractivity contribution in [3.05, 3.63) is 48.0 Å². The first-order valence-corrected chi connectivity index (χ1v) is 10.1. The quantitative estimate of drug-likeness (QED) is 0.792. The van der Waals surface area contributed by atoms with E-state index in [4.69, 9.17) is 14.2 Å². The van der Waals surface area contributed by atoms with Crippen molar-refractivity contribution in [2.75, 3.05) is 38.8 Å². The number of carbonyl (C=O) groups is 2. The molecule has 1 fully saturated rings. The van der Waals surface area contributed by atoms with Gasteiger partial charge < -0.3 is 24.4 Å². The van der Waals surface area contributed by atoms with Crippen LogP contribution in [0.2, 0.25) is 0 Å². The molecule has 1 N–H and O–H groups in total. The smallest absolute Gasteiger partial charge is 0.227 e. The van der Waals surface area contributed by atoms with Crippen LogP contribution in [0.3, 0.4) is 0 Å². The van der Waals surface area contributed by atoms with Crippen molar-refractivity contribution in [1.29, 1.82) is 0 Å². The molecule has 2 aromatic rings. The van der Waals surface area contributed by atoms with E-state index in [1.165, 1.54) is 0 Å². The van der Waals surface area contributed by atoms with Crippen molar-refractivity contribution < 1.29 is 23.8 Å². The molecule has 0 aliphatic carbocycles. The Morgan fingerprint density at radius 1 is 1.17 bits per heavy atom. The number of nitrogens with one attached hydrogen (secondary N) is 1. The molecule has 0 aromatic heterocycles. The van der Waals surface area contributed by atoms with E-state index in [0.29, 0.717) is 36.9 Å². The minimum absolute atomic E-state index is 0.100. The number of hydrogen-bond acceptors (Lipinski definition) is 5. The standard InChI is InChI=1S/C23H26N2O5/c1-28-18-7-8-21(29-2)19(11-18)25-13-17(10-22(25)26)23(27)24-12-15-9-16-5-3-4-6-20(16)30-14-15/h3-8,11,15,17H,9-10,12-14H2,1-2H3,(H,24,27). The Morgan fingerprint density at radius 2 is 2.00 bits per heavy atom. The molecule has 0 spiro atoms.